The van der Waals surface area contributed by atoms with E-state index in [2.05, 4.69) is 41.4 Å². The van der Waals surface area contributed by atoms with Gasteiger partial charge in [0.15, 0.2) is 5.16 Å². The number of rotatable bonds is 5. The minimum absolute atomic E-state index is 0.0514. The van der Waals surface area contributed by atoms with Crippen LogP contribution in [0.1, 0.15) is 16.7 Å². The summed E-state index contributed by atoms with van der Waals surface area (Å²) in [5.41, 5.74) is 4.30. The fraction of sp³-hybridized carbons (Fsp3) is 0.125. The van der Waals surface area contributed by atoms with Crippen LogP contribution in [0, 0.1) is 6.92 Å². The van der Waals surface area contributed by atoms with Crippen molar-refractivity contribution >= 4 is 28.4 Å². The highest BCUT2D eigenvalue weighted by atomic mass is 32.2. The Balaban J connectivity index is 1.63. The molecule has 0 unspecified atom stereocenters. The average molecular weight is 413 g/mol. The SMILES string of the molecule is Cc1ccc(CSc2nnc3n(Cc4ccccc4)c(=O)c4ccccc4n23)cc1. The molecule has 6 heteroatoms. The molecule has 0 spiro atoms. The zero-order valence-electron chi connectivity index (χ0n) is 16.5. The predicted molar refractivity (Wildman–Crippen MR) is 121 cm³/mol. The van der Waals surface area contributed by atoms with Gasteiger partial charge in [0.1, 0.15) is 0 Å². The molecule has 2 aromatic heterocycles. The fourth-order valence-corrected chi connectivity index (χ4v) is 4.46. The zero-order valence-corrected chi connectivity index (χ0v) is 17.3. The summed E-state index contributed by atoms with van der Waals surface area (Å²) < 4.78 is 3.71. The van der Waals surface area contributed by atoms with Gasteiger partial charge in [-0.2, -0.15) is 0 Å². The molecular weight excluding hydrogens is 392 g/mol. The molecule has 5 rings (SSSR count). The number of hydrogen-bond acceptors (Lipinski definition) is 4. The van der Waals surface area contributed by atoms with E-state index in [-0.39, 0.29) is 5.56 Å². The third kappa shape index (κ3) is 3.39. The smallest absolute Gasteiger partial charge is 0.263 e. The average Bonchev–Trinajstić information content (AvgIpc) is 3.21. The van der Waals surface area contributed by atoms with Crippen LogP contribution in [0.25, 0.3) is 16.7 Å². The molecule has 3 aromatic carbocycles. The maximum atomic E-state index is 13.2. The van der Waals surface area contributed by atoms with Gasteiger partial charge in [-0.25, -0.2) is 0 Å². The second kappa shape index (κ2) is 7.80. The van der Waals surface area contributed by atoms with Crippen molar-refractivity contribution in [1.29, 1.82) is 0 Å². The molecule has 148 valence electrons. The molecule has 0 radical (unpaired) electrons. The number of aryl methyl sites for hydroxylation is 1. The molecule has 0 aliphatic carbocycles. The van der Waals surface area contributed by atoms with Crippen molar-refractivity contribution in [2.75, 3.05) is 0 Å². The van der Waals surface area contributed by atoms with E-state index in [4.69, 9.17) is 0 Å². The highest BCUT2D eigenvalue weighted by molar-refractivity contribution is 7.98. The lowest BCUT2D eigenvalue weighted by atomic mass is 10.2. The number of nitrogens with zero attached hydrogens (tertiary/aromatic N) is 4. The molecule has 0 saturated carbocycles. The fourth-order valence-electron chi connectivity index (χ4n) is 3.57. The molecule has 0 N–H and O–H groups in total. The summed E-state index contributed by atoms with van der Waals surface area (Å²) in [5, 5.41) is 10.3. The van der Waals surface area contributed by atoms with Crippen LogP contribution in [0.5, 0.6) is 0 Å². The third-order valence-electron chi connectivity index (χ3n) is 5.15. The number of hydrogen-bond donors (Lipinski definition) is 0. The molecule has 5 aromatic rings. The lowest BCUT2D eigenvalue weighted by molar-refractivity contribution is 0.764. The van der Waals surface area contributed by atoms with Crippen LogP contribution < -0.4 is 5.56 Å². The summed E-state index contributed by atoms with van der Waals surface area (Å²) in [6, 6.07) is 26.1. The summed E-state index contributed by atoms with van der Waals surface area (Å²) >= 11 is 1.63. The van der Waals surface area contributed by atoms with Crippen molar-refractivity contribution in [2.24, 2.45) is 0 Å². The van der Waals surface area contributed by atoms with Crippen LogP contribution in [-0.2, 0) is 12.3 Å². The van der Waals surface area contributed by atoms with Gasteiger partial charge in [-0.3, -0.25) is 13.8 Å². The number of thioether (sulfide) groups is 1. The first kappa shape index (κ1) is 18.6. The van der Waals surface area contributed by atoms with Crippen LogP contribution >= 0.6 is 11.8 Å². The first-order valence-corrected chi connectivity index (χ1v) is 10.8. The van der Waals surface area contributed by atoms with Crippen LogP contribution in [0.15, 0.2) is 88.8 Å². The molecule has 0 fully saturated rings. The molecule has 0 amide bonds. The largest absolute Gasteiger partial charge is 0.272 e. The molecule has 0 saturated heterocycles. The van der Waals surface area contributed by atoms with E-state index in [0.717, 1.165) is 22.0 Å². The third-order valence-corrected chi connectivity index (χ3v) is 6.15. The molecular formula is C24H20N4OS. The van der Waals surface area contributed by atoms with Gasteiger partial charge < -0.3 is 0 Å². The Hall–Kier alpha value is -3.38. The normalized spacial score (nSPS) is 11.4. The maximum absolute atomic E-state index is 13.2. The van der Waals surface area contributed by atoms with Gasteiger partial charge in [0.2, 0.25) is 5.78 Å². The second-order valence-corrected chi connectivity index (χ2v) is 8.23. The van der Waals surface area contributed by atoms with E-state index in [9.17, 15) is 4.79 Å². The highest BCUT2D eigenvalue weighted by Gasteiger charge is 2.17. The quantitative estimate of drug-likeness (QED) is 0.393. The van der Waals surface area contributed by atoms with Crippen LogP contribution in [0.3, 0.4) is 0 Å². The van der Waals surface area contributed by atoms with E-state index >= 15 is 0 Å². The van der Waals surface area contributed by atoms with Crippen LogP contribution in [0.2, 0.25) is 0 Å². The van der Waals surface area contributed by atoms with Gasteiger partial charge in [0, 0.05) is 5.75 Å². The van der Waals surface area contributed by atoms with E-state index < -0.39 is 0 Å². The summed E-state index contributed by atoms with van der Waals surface area (Å²) in [7, 11) is 0. The summed E-state index contributed by atoms with van der Waals surface area (Å²) in [6.45, 7) is 2.54. The van der Waals surface area contributed by atoms with Gasteiger partial charge in [0.25, 0.3) is 5.56 Å². The van der Waals surface area contributed by atoms with Gasteiger partial charge >= 0.3 is 0 Å². The Morgan fingerprint density at radius 3 is 2.37 bits per heavy atom. The Morgan fingerprint density at radius 2 is 1.57 bits per heavy atom. The highest BCUT2D eigenvalue weighted by Crippen LogP contribution is 2.25. The summed E-state index contributed by atoms with van der Waals surface area (Å²) in [6.07, 6.45) is 0. The van der Waals surface area contributed by atoms with Gasteiger partial charge in [-0.1, -0.05) is 84.1 Å². The number of para-hydroxylation sites is 1. The van der Waals surface area contributed by atoms with Gasteiger partial charge in [0.05, 0.1) is 17.4 Å². The Labute approximate surface area is 178 Å². The lowest BCUT2D eigenvalue weighted by Gasteiger charge is -2.11. The van der Waals surface area contributed by atoms with Crippen molar-refractivity contribution in [3.05, 3.63) is 106 Å². The van der Waals surface area contributed by atoms with Crippen LogP contribution in [0.4, 0.5) is 0 Å². The van der Waals surface area contributed by atoms with E-state index in [1.165, 1.54) is 11.1 Å². The molecule has 2 heterocycles. The van der Waals surface area contributed by atoms with Gasteiger partial charge in [-0.15, -0.1) is 10.2 Å². The van der Waals surface area contributed by atoms with Crippen molar-refractivity contribution < 1.29 is 0 Å². The molecule has 5 nitrogen and oxygen atoms in total. The molecule has 0 bridgehead atoms. The van der Waals surface area contributed by atoms with E-state index in [1.54, 1.807) is 16.3 Å². The zero-order chi connectivity index (χ0) is 20.5. The van der Waals surface area contributed by atoms with Crippen molar-refractivity contribution in [2.45, 2.75) is 24.4 Å². The first-order chi connectivity index (χ1) is 14.7. The van der Waals surface area contributed by atoms with E-state index in [0.29, 0.717) is 17.7 Å². The van der Waals surface area contributed by atoms with Gasteiger partial charge in [-0.05, 0) is 30.2 Å². The lowest BCUT2D eigenvalue weighted by Crippen LogP contribution is -2.24. The first-order valence-electron chi connectivity index (χ1n) is 9.79. The predicted octanol–water partition coefficient (Wildman–Crippen LogP) is 4.69. The summed E-state index contributed by atoms with van der Waals surface area (Å²) in [5.74, 6) is 1.35. The molecule has 0 aliphatic heterocycles. The van der Waals surface area contributed by atoms with E-state index in [1.807, 2.05) is 59.0 Å². The maximum Gasteiger partial charge on any atom is 0.263 e. The topological polar surface area (TPSA) is 52.2 Å². The van der Waals surface area contributed by atoms with Crippen LogP contribution in [-0.4, -0.2) is 19.2 Å². The minimum Gasteiger partial charge on any atom is -0.272 e. The summed E-state index contributed by atoms with van der Waals surface area (Å²) in [4.78, 5) is 13.2. The second-order valence-electron chi connectivity index (χ2n) is 7.29. The van der Waals surface area contributed by atoms with Crippen molar-refractivity contribution in [3.63, 3.8) is 0 Å². The number of aromatic nitrogens is 4. The van der Waals surface area contributed by atoms with Crippen molar-refractivity contribution in [1.82, 2.24) is 19.2 Å². The minimum atomic E-state index is -0.0514. The Morgan fingerprint density at radius 1 is 0.833 bits per heavy atom. The Bertz CT molecular complexity index is 1390. The van der Waals surface area contributed by atoms with Crippen molar-refractivity contribution in [3.8, 4) is 0 Å². The number of fused-ring (bicyclic) bond motifs is 3. The molecule has 0 aliphatic rings. The Kier molecular flexibility index (Phi) is 4.85. The number of benzene rings is 3. The standard InChI is InChI=1S/C24H20N4OS/c1-17-11-13-19(14-12-17)16-30-24-26-25-23-27(15-18-7-3-2-4-8-18)22(29)20-9-5-6-10-21(20)28(23)24/h2-14H,15-16H2,1H3. The molecule has 30 heavy (non-hydrogen) atoms. The molecule has 0 atom stereocenters. The monoisotopic (exact) mass is 412 g/mol.